The molecule has 33 heavy (non-hydrogen) atoms. The molecule has 0 saturated carbocycles. The number of carbonyl (C=O) groups is 1. The Balaban J connectivity index is 1.58. The molecule has 5 heteroatoms. The minimum Gasteiger partial charge on any atom is -0.443 e. The first-order chi connectivity index (χ1) is 15.9. The molecule has 1 unspecified atom stereocenters. The molecular weight excluding hydrogens is 410 g/mol. The number of amides is 1. The number of nitrogens with zero attached hydrogens (tertiary/aromatic N) is 3. The zero-order valence-corrected chi connectivity index (χ0v) is 19.8. The van der Waals surface area contributed by atoms with Crippen LogP contribution in [0.5, 0.6) is 0 Å². The lowest BCUT2D eigenvalue weighted by Gasteiger charge is -2.36. The van der Waals surface area contributed by atoms with Gasteiger partial charge in [-0.25, -0.2) is 14.7 Å². The van der Waals surface area contributed by atoms with Gasteiger partial charge in [0.15, 0.2) is 0 Å². The lowest BCUT2D eigenvalue weighted by molar-refractivity contribution is 0.0598. The Kier molecular flexibility index (Phi) is 7.09. The quantitative estimate of drug-likeness (QED) is 0.431. The van der Waals surface area contributed by atoms with E-state index in [0.717, 1.165) is 25.2 Å². The van der Waals surface area contributed by atoms with E-state index in [1.54, 1.807) is 0 Å². The van der Waals surface area contributed by atoms with E-state index in [1.165, 1.54) is 28.9 Å². The second kappa shape index (κ2) is 10.2. The van der Waals surface area contributed by atoms with E-state index in [9.17, 15) is 4.79 Å². The molecule has 2 aromatic carbocycles. The molecule has 1 aliphatic rings. The highest BCUT2D eigenvalue weighted by molar-refractivity contribution is 5.95. The van der Waals surface area contributed by atoms with Crippen molar-refractivity contribution in [1.29, 1.82) is 0 Å². The number of hydrogen-bond donors (Lipinski definition) is 0. The number of likely N-dealkylation sites (tertiary alicyclic amines) is 1. The Morgan fingerprint density at radius 2 is 1.70 bits per heavy atom. The Morgan fingerprint density at radius 1 is 1.00 bits per heavy atom. The number of aromatic nitrogens is 1. The summed E-state index contributed by atoms with van der Waals surface area (Å²) in [5.74, 6) is 0.560. The zero-order valence-electron chi connectivity index (χ0n) is 19.8. The van der Waals surface area contributed by atoms with Gasteiger partial charge in [0.25, 0.3) is 0 Å². The molecule has 0 spiro atoms. The van der Waals surface area contributed by atoms with Crippen LogP contribution in [-0.4, -0.2) is 28.1 Å². The third kappa shape index (κ3) is 5.99. The molecule has 3 aromatic rings. The first-order valence-electron chi connectivity index (χ1n) is 11.7. The van der Waals surface area contributed by atoms with Gasteiger partial charge >= 0.3 is 6.09 Å². The molecule has 0 aliphatic carbocycles. The Morgan fingerprint density at radius 3 is 2.33 bits per heavy atom. The number of benzene rings is 2. The molecule has 172 valence electrons. The zero-order chi connectivity index (χ0) is 23.3. The second-order valence-corrected chi connectivity index (χ2v) is 9.57. The van der Waals surface area contributed by atoms with Gasteiger partial charge in [0, 0.05) is 18.8 Å². The predicted molar refractivity (Wildman–Crippen MR) is 132 cm³/mol. The van der Waals surface area contributed by atoms with Gasteiger partial charge in [-0.2, -0.15) is 0 Å². The van der Waals surface area contributed by atoms with Crippen LogP contribution in [0, 0.1) is 0 Å². The normalized spacial score (nSPS) is 16.9. The summed E-state index contributed by atoms with van der Waals surface area (Å²) >= 11 is 0. The Hall–Kier alpha value is -3.18. The number of pyridine rings is 1. The second-order valence-electron chi connectivity index (χ2n) is 9.57. The molecule has 4 rings (SSSR count). The van der Waals surface area contributed by atoms with Crippen LogP contribution in [0.4, 0.5) is 16.3 Å². The number of rotatable bonds is 5. The van der Waals surface area contributed by atoms with Gasteiger partial charge in [-0.05, 0) is 69.5 Å². The van der Waals surface area contributed by atoms with Crippen molar-refractivity contribution < 1.29 is 9.53 Å². The van der Waals surface area contributed by atoms with E-state index in [2.05, 4.69) is 41.3 Å². The summed E-state index contributed by atoms with van der Waals surface area (Å²) in [6.45, 7) is 7.62. The molecule has 0 bridgehead atoms. The maximum atomic E-state index is 13.1. The SMILES string of the molecule is CC(C)(C)OC(=O)N(c1ccccc1)c1ccc(C2CCCCN2Cc2ccccc2)cn1. The fourth-order valence-electron chi connectivity index (χ4n) is 4.32. The minimum atomic E-state index is -0.593. The number of hydrogen-bond acceptors (Lipinski definition) is 4. The molecule has 1 aliphatic heterocycles. The summed E-state index contributed by atoms with van der Waals surface area (Å²) in [6.07, 6.45) is 5.03. The summed E-state index contributed by atoms with van der Waals surface area (Å²) in [6, 6.07) is 24.5. The van der Waals surface area contributed by atoms with E-state index in [0.29, 0.717) is 11.9 Å². The van der Waals surface area contributed by atoms with Crippen LogP contribution < -0.4 is 4.90 Å². The van der Waals surface area contributed by atoms with Crippen molar-refractivity contribution in [2.75, 3.05) is 11.4 Å². The van der Waals surface area contributed by atoms with Gasteiger partial charge in [-0.15, -0.1) is 0 Å². The van der Waals surface area contributed by atoms with E-state index in [1.807, 2.05) is 63.4 Å². The third-order valence-corrected chi connectivity index (χ3v) is 5.82. The molecular formula is C28H33N3O2. The lowest BCUT2D eigenvalue weighted by Crippen LogP contribution is -2.34. The number of ether oxygens (including phenoxy) is 1. The maximum absolute atomic E-state index is 13.1. The molecule has 1 fully saturated rings. The molecule has 1 aromatic heterocycles. The van der Waals surface area contributed by atoms with E-state index >= 15 is 0 Å². The minimum absolute atomic E-state index is 0.326. The van der Waals surface area contributed by atoms with Crippen LogP contribution in [-0.2, 0) is 11.3 Å². The Labute approximate surface area is 197 Å². The van der Waals surface area contributed by atoms with Crippen molar-refractivity contribution in [3.05, 3.63) is 90.1 Å². The van der Waals surface area contributed by atoms with E-state index < -0.39 is 11.7 Å². The van der Waals surface area contributed by atoms with Crippen molar-refractivity contribution >= 4 is 17.6 Å². The van der Waals surface area contributed by atoms with Crippen molar-refractivity contribution in [3.8, 4) is 0 Å². The molecule has 2 heterocycles. The summed E-state index contributed by atoms with van der Waals surface area (Å²) < 4.78 is 5.68. The molecule has 0 N–H and O–H groups in total. The summed E-state index contributed by atoms with van der Waals surface area (Å²) in [5, 5.41) is 0. The number of para-hydroxylation sites is 1. The number of carbonyl (C=O) groups excluding carboxylic acids is 1. The molecule has 1 saturated heterocycles. The van der Waals surface area contributed by atoms with Crippen LogP contribution in [0.15, 0.2) is 79.0 Å². The van der Waals surface area contributed by atoms with Crippen LogP contribution >= 0.6 is 0 Å². The lowest BCUT2D eigenvalue weighted by atomic mass is 9.95. The maximum Gasteiger partial charge on any atom is 0.420 e. The largest absolute Gasteiger partial charge is 0.443 e. The predicted octanol–water partition coefficient (Wildman–Crippen LogP) is 6.88. The fourth-order valence-corrected chi connectivity index (χ4v) is 4.32. The monoisotopic (exact) mass is 443 g/mol. The topological polar surface area (TPSA) is 45.7 Å². The van der Waals surface area contributed by atoms with Crippen molar-refractivity contribution in [2.24, 2.45) is 0 Å². The van der Waals surface area contributed by atoms with Crippen molar-refractivity contribution in [3.63, 3.8) is 0 Å². The highest BCUT2D eigenvalue weighted by Crippen LogP contribution is 2.33. The van der Waals surface area contributed by atoms with Gasteiger partial charge in [-0.1, -0.05) is 61.0 Å². The van der Waals surface area contributed by atoms with Gasteiger partial charge in [0.2, 0.25) is 0 Å². The fraction of sp³-hybridized carbons (Fsp3) is 0.357. The number of piperidine rings is 1. The standard InChI is InChI=1S/C28H33N3O2/c1-28(2,3)33-27(32)31(24-14-8-5-9-15-24)26-18-17-23(20-29-26)25-16-10-11-19-30(25)21-22-12-6-4-7-13-22/h4-9,12-15,17-18,20,25H,10-11,16,19,21H2,1-3H3. The number of anilines is 2. The van der Waals surface area contributed by atoms with Gasteiger partial charge in [0.1, 0.15) is 11.4 Å². The third-order valence-electron chi connectivity index (χ3n) is 5.82. The molecule has 1 amide bonds. The van der Waals surface area contributed by atoms with E-state index in [4.69, 9.17) is 9.72 Å². The summed E-state index contributed by atoms with van der Waals surface area (Å²) in [4.78, 5) is 21.9. The first kappa shape index (κ1) is 23.0. The average Bonchev–Trinajstić information content (AvgIpc) is 2.80. The molecule has 0 radical (unpaired) electrons. The summed E-state index contributed by atoms with van der Waals surface area (Å²) in [7, 11) is 0. The van der Waals surface area contributed by atoms with Crippen molar-refractivity contribution in [1.82, 2.24) is 9.88 Å². The smallest absolute Gasteiger partial charge is 0.420 e. The van der Waals surface area contributed by atoms with Crippen LogP contribution in [0.2, 0.25) is 0 Å². The van der Waals surface area contributed by atoms with Gasteiger partial charge < -0.3 is 4.74 Å². The molecule has 5 nitrogen and oxygen atoms in total. The van der Waals surface area contributed by atoms with Crippen LogP contribution in [0.25, 0.3) is 0 Å². The van der Waals surface area contributed by atoms with Gasteiger partial charge in [-0.3, -0.25) is 4.90 Å². The van der Waals surface area contributed by atoms with Crippen LogP contribution in [0.1, 0.15) is 57.2 Å². The highest BCUT2D eigenvalue weighted by Gasteiger charge is 2.27. The van der Waals surface area contributed by atoms with Crippen molar-refractivity contribution in [2.45, 2.75) is 58.2 Å². The highest BCUT2D eigenvalue weighted by atomic mass is 16.6. The van der Waals surface area contributed by atoms with Gasteiger partial charge in [0.05, 0.1) is 5.69 Å². The van der Waals surface area contributed by atoms with Crippen LogP contribution in [0.3, 0.4) is 0 Å². The molecule has 1 atom stereocenters. The van der Waals surface area contributed by atoms with E-state index in [-0.39, 0.29) is 0 Å². The Bertz CT molecular complexity index is 1030. The first-order valence-corrected chi connectivity index (χ1v) is 11.7. The summed E-state index contributed by atoms with van der Waals surface area (Å²) in [5.41, 5.74) is 2.65. The average molecular weight is 444 g/mol.